The van der Waals surface area contributed by atoms with Gasteiger partial charge < -0.3 is 15.4 Å². The molecule has 5 N–H and O–H groups in total. The molecule has 9 nitrogen and oxygen atoms in total. The normalized spacial score (nSPS) is 15.4. The molecule has 2 aromatic carbocycles. The van der Waals surface area contributed by atoms with E-state index in [4.69, 9.17) is 15.4 Å². The molecule has 182 valence electrons. The van der Waals surface area contributed by atoms with Crippen LogP contribution in [0, 0.1) is 0 Å². The third-order valence-corrected chi connectivity index (χ3v) is 6.57. The largest absolute Gasteiger partial charge is 0.343 e. The molecule has 0 amide bonds. The monoisotopic (exact) mass is 466 g/mol. The molecule has 1 atom stereocenters. The van der Waals surface area contributed by atoms with E-state index in [1.54, 1.807) is 21.3 Å². The Bertz CT molecular complexity index is 1140. The van der Waals surface area contributed by atoms with Crippen LogP contribution in [0.25, 0.3) is 0 Å². The number of rotatable bonds is 9. The van der Waals surface area contributed by atoms with Gasteiger partial charge in [0.2, 0.25) is 0 Å². The summed E-state index contributed by atoms with van der Waals surface area (Å²) in [4.78, 5) is 25.7. The number of nitrogens with zero attached hydrogens (tertiary/aromatic N) is 2. The van der Waals surface area contributed by atoms with Crippen molar-refractivity contribution in [3.05, 3.63) is 86.1 Å². The first-order valence-electron chi connectivity index (χ1n) is 11.5. The number of hydrogen-bond acceptors (Lipinski definition) is 7. The summed E-state index contributed by atoms with van der Waals surface area (Å²) in [7, 11) is 4.89. The highest BCUT2D eigenvalue weighted by Gasteiger charge is 2.44. The van der Waals surface area contributed by atoms with Crippen LogP contribution in [0.1, 0.15) is 52.5 Å². The maximum Gasteiger partial charge on any atom is 0.343 e. The van der Waals surface area contributed by atoms with Gasteiger partial charge in [-0.1, -0.05) is 36.4 Å². The minimum absolute atomic E-state index is 0.131. The van der Waals surface area contributed by atoms with Crippen LogP contribution < -0.4 is 22.4 Å². The molecule has 0 saturated heterocycles. The molecule has 1 aliphatic carbocycles. The Morgan fingerprint density at radius 2 is 1.59 bits per heavy atom. The zero-order valence-corrected chi connectivity index (χ0v) is 20.3. The van der Waals surface area contributed by atoms with Crippen LogP contribution in [-0.2, 0) is 48.1 Å². The molecule has 0 radical (unpaired) electrons. The number of nitrogens with two attached hydrogens (primary N) is 1. The van der Waals surface area contributed by atoms with Crippen molar-refractivity contribution in [2.75, 3.05) is 14.2 Å². The number of nitrogens with one attached hydrogen (secondary N) is 3. The lowest BCUT2D eigenvalue weighted by Crippen LogP contribution is -2.38. The Hall–Kier alpha value is -2.82. The standard InChI is InChI=1S/C25H34N6O3/c1-16(26)13-25(23-29-24(32)31(2)30-23)21-9-5-17(14-27-33-3)11-19(21)7-8-20-12-18(15-28-34-4)6-10-22(20)25/h5-6,9-12,16,27-28H,7-8,13-15,26H2,1-4H3,(H,29,30,32)/t16-/m0/s1. The number of hydrogen-bond donors (Lipinski definition) is 4. The third-order valence-electron chi connectivity index (χ3n) is 6.57. The summed E-state index contributed by atoms with van der Waals surface area (Å²) in [6.45, 7) is 3.20. The molecule has 3 aromatic rings. The van der Waals surface area contributed by atoms with Gasteiger partial charge in [-0.3, -0.25) is 4.98 Å². The lowest BCUT2D eigenvalue weighted by atomic mass is 9.68. The van der Waals surface area contributed by atoms with Crippen molar-refractivity contribution in [2.45, 2.75) is 50.7 Å². The van der Waals surface area contributed by atoms with E-state index >= 15 is 0 Å². The molecule has 0 fully saturated rings. The SMILES string of the molecule is CONCc1ccc2c(c1)CCc1cc(CNOC)ccc1C2(C[C@H](C)N)c1nn(C)c(=O)[nH]1. The smallest absolute Gasteiger partial charge is 0.328 e. The van der Waals surface area contributed by atoms with Crippen LogP contribution in [0.2, 0.25) is 0 Å². The third kappa shape index (κ3) is 4.57. The molecule has 0 saturated carbocycles. The van der Waals surface area contributed by atoms with Crippen molar-refractivity contribution >= 4 is 0 Å². The second-order valence-corrected chi connectivity index (χ2v) is 9.02. The lowest BCUT2D eigenvalue weighted by Gasteiger charge is -2.36. The molecule has 1 aromatic heterocycles. The van der Waals surface area contributed by atoms with Crippen LogP contribution in [0.3, 0.4) is 0 Å². The Morgan fingerprint density at radius 1 is 1.06 bits per heavy atom. The quantitative estimate of drug-likeness (QED) is 0.354. The maximum atomic E-state index is 12.5. The minimum atomic E-state index is -0.684. The van der Waals surface area contributed by atoms with Crippen LogP contribution >= 0.6 is 0 Å². The summed E-state index contributed by atoms with van der Waals surface area (Å²) < 4.78 is 1.36. The summed E-state index contributed by atoms with van der Waals surface area (Å²) in [6.07, 6.45) is 2.33. The first-order valence-corrected chi connectivity index (χ1v) is 11.5. The average Bonchev–Trinajstić information content (AvgIpc) is 3.10. The van der Waals surface area contributed by atoms with Gasteiger partial charge in [0.1, 0.15) is 5.82 Å². The van der Waals surface area contributed by atoms with Gasteiger partial charge in [-0.15, -0.1) is 0 Å². The molecule has 4 rings (SSSR count). The number of benzene rings is 2. The van der Waals surface area contributed by atoms with E-state index in [0.717, 1.165) is 35.1 Å². The van der Waals surface area contributed by atoms with E-state index in [1.807, 2.05) is 6.92 Å². The lowest BCUT2D eigenvalue weighted by molar-refractivity contribution is 0.0866. The Kier molecular flexibility index (Phi) is 7.30. The summed E-state index contributed by atoms with van der Waals surface area (Å²) in [6, 6.07) is 12.8. The zero-order chi connectivity index (χ0) is 24.3. The Morgan fingerprint density at radius 3 is 2.00 bits per heavy atom. The molecule has 1 aliphatic rings. The van der Waals surface area contributed by atoms with Crippen molar-refractivity contribution in [1.82, 2.24) is 25.7 Å². The molecular weight excluding hydrogens is 432 g/mol. The van der Waals surface area contributed by atoms with Gasteiger partial charge in [0, 0.05) is 26.2 Å². The predicted molar refractivity (Wildman–Crippen MR) is 130 cm³/mol. The second-order valence-electron chi connectivity index (χ2n) is 9.02. The van der Waals surface area contributed by atoms with Crippen molar-refractivity contribution < 1.29 is 9.68 Å². The van der Waals surface area contributed by atoms with Crippen molar-refractivity contribution in [1.29, 1.82) is 0 Å². The van der Waals surface area contributed by atoms with E-state index in [0.29, 0.717) is 25.3 Å². The number of aromatic nitrogens is 3. The highest BCUT2D eigenvalue weighted by Crippen LogP contribution is 2.46. The van der Waals surface area contributed by atoms with Gasteiger partial charge in [0.05, 0.1) is 19.6 Å². The van der Waals surface area contributed by atoms with Crippen LogP contribution in [0.5, 0.6) is 0 Å². The molecule has 0 aliphatic heterocycles. The van der Waals surface area contributed by atoms with Gasteiger partial charge >= 0.3 is 5.69 Å². The number of aryl methyl sites for hydroxylation is 3. The van der Waals surface area contributed by atoms with Crippen molar-refractivity contribution in [2.24, 2.45) is 12.8 Å². The predicted octanol–water partition coefficient (Wildman–Crippen LogP) is 1.58. The van der Waals surface area contributed by atoms with Gasteiger partial charge in [-0.2, -0.15) is 16.1 Å². The number of hydroxylamine groups is 2. The maximum absolute atomic E-state index is 12.5. The first-order chi connectivity index (χ1) is 16.4. The summed E-state index contributed by atoms with van der Waals surface area (Å²) >= 11 is 0. The van der Waals surface area contributed by atoms with Crippen LogP contribution in [-0.4, -0.2) is 35.0 Å². The molecule has 9 heteroatoms. The Labute approximate surface area is 199 Å². The average molecular weight is 467 g/mol. The Balaban J connectivity index is 1.98. The molecule has 34 heavy (non-hydrogen) atoms. The molecular formula is C25H34N6O3. The van der Waals surface area contributed by atoms with Gasteiger partial charge in [0.25, 0.3) is 0 Å². The number of H-pyrrole nitrogens is 1. The number of aromatic amines is 1. The highest BCUT2D eigenvalue weighted by atomic mass is 16.6. The van der Waals surface area contributed by atoms with Crippen LogP contribution in [0.4, 0.5) is 0 Å². The zero-order valence-electron chi connectivity index (χ0n) is 20.3. The molecule has 1 heterocycles. The fraction of sp³-hybridized carbons (Fsp3) is 0.440. The topological polar surface area (TPSA) is 119 Å². The van der Waals surface area contributed by atoms with E-state index in [9.17, 15) is 4.79 Å². The fourth-order valence-corrected chi connectivity index (χ4v) is 5.14. The van der Waals surface area contributed by atoms with Crippen molar-refractivity contribution in [3.63, 3.8) is 0 Å². The second kappa shape index (κ2) is 10.2. The minimum Gasteiger partial charge on any atom is -0.328 e. The number of fused-ring (bicyclic) bond motifs is 2. The van der Waals surface area contributed by atoms with E-state index in [1.165, 1.54) is 15.8 Å². The highest BCUT2D eigenvalue weighted by molar-refractivity contribution is 5.56. The summed E-state index contributed by atoms with van der Waals surface area (Å²) in [5.74, 6) is 0.618. The van der Waals surface area contributed by atoms with E-state index in [2.05, 4.69) is 57.4 Å². The van der Waals surface area contributed by atoms with E-state index < -0.39 is 5.41 Å². The van der Waals surface area contributed by atoms with Gasteiger partial charge in [-0.25, -0.2) is 9.48 Å². The van der Waals surface area contributed by atoms with E-state index in [-0.39, 0.29) is 11.7 Å². The molecule has 0 bridgehead atoms. The fourth-order valence-electron chi connectivity index (χ4n) is 5.14. The summed E-state index contributed by atoms with van der Waals surface area (Å²) in [5.41, 5.74) is 18.3. The van der Waals surface area contributed by atoms with Gasteiger partial charge in [0.15, 0.2) is 0 Å². The van der Waals surface area contributed by atoms with Crippen molar-refractivity contribution in [3.8, 4) is 0 Å². The van der Waals surface area contributed by atoms with Crippen LogP contribution in [0.15, 0.2) is 41.2 Å². The molecule has 0 unspecified atom stereocenters. The molecule has 0 spiro atoms. The van der Waals surface area contributed by atoms with Gasteiger partial charge in [-0.05, 0) is 59.6 Å². The summed E-state index contributed by atoms with van der Waals surface area (Å²) in [5, 5.41) is 4.67. The first kappa shape index (κ1) is 24.3.